The molecule has 4 heterocycles. The third-order valence-electron chi connectivity index (χ3n) is 6.85. The summed E-state index contributed by atoms with van der Waals surface area (Å²) in [6.45, 7) is 4.25. The molecule has 0 bridgehead atoms. The van der Waals surface area contributed by atoms with Crippen molar-refractivity contribution < 1.29 is 14.6 Å². The predicted octanol–water partition coefficient (Wildman–Crippen LogP) is 3.26. The molecule has 1 aromatic carbocycles. The quantitative estimate of drug-likeness (QED) is 0.611. The van der Waals surface area contributed by atoms with Crippen LogP contribution in [0.25, 0.3) is 11.0 Å². The molecule has 0 aliphatic carbocycles. The van der Waals surface area contributed by atoms with Crippen molar-refractivity contribution in [3.8, 4) is 0 Å². The molecule has 0 spiro atoms. The molecule has 176 valence electrons. The van der Waals surface area contributed by atoms with E-state index in [9.17, 15) is 4.79 Å². The number of anilines is 1. The van der Waals surface area contributed by atoms with Gasteiger partial charge in [-0.25, -0.2) is 4.98 Å². The van der Waals surface area contributed by atoms with Gasteiger partial charge in [-0.1, -0.05) is 6.07 Å². The van der Waals surface area contributed by atoms with Gasteiger partial charge in [0.25, 0.3) is 12.0 Å². The van der Waals surface area contributed by atoms with Crippen LogP contribution in [0.5, 0.6) is 0 Å². The molecule has 2 aromatic heterocycles. The molecule has 2 unspecified atom stereocenters. The lowest BCUT2D eigenvalue weighted by molar-refractivity contribution is -0.122. The van der Waals surface area contributed by atoms with Gasteiger partial charge in [0, 0.05) is 56.2 Å². The second kappa shape index (κ2) is 10.2. The van der Waals surface area contributed by atoms with E-state index in [0.717, 1.165) is 56.7 Å². The van der Waals surface area contributed by atoms with Crippen LogP contribution in [0.2, 0.25) is 0 Å². The maximum atomic E-state index is 12.2. The van der Waals surface area contributed by atoms with E-state index in [1.807, 2.05) is 12.3 Å². The average molecular weight is 453 g/mol. The number of carboxylic acid groups (broad SMARTS) is 1. The van der Waals surface area contributed by atoms with Gasteiger partial charge in [-0.15, -0.1) is 0 Å². The van der Waals surface area contributed by atoms with E-state index in [-0.39, 0.29) is 12.0 Å². The number of pyridine rings is 1. The first-order valence-corrected chi connectivity index (χ1v) is 11.6. The van der Waals surface area contributed by atoms with Crippen molar-refractivity contribution in [2.45, 2.75) is 57.7 Å². The highest BCUT2D eigenvalue weighted by Gasteiger charge is 2.27. The summed E-state index contributed by atoms with van der Waals surface area (Å²) in [5.74, 6) is 1.06. The second-order valence-corrected chi connectivity index (χ2v) is 8.79. The molecule has 1 N–H and O–H groups in total. The molecular weight excluding hydrogens is 420 g/mol. The summed E-state index contributed by atoms with van der Waals surface area (Å²) in [4.78, 5) is 28.1. The number of hydrogen-bond acceptors (Lipinski definition) is 5. The number of nitrogens with zero attached hydrogens (tertiary/aromatic N) is 4. The number of ether oxygens (including phenoxy) is 1. The zero-order valence-electron chi connectivity index (χ0n) is 19.3. The lowest BCUT2D eigenvalue weighted by Gasteiger charge is -2.34. The first kappa shape index (κ1) is 23.0. The van der Waals surface area contributed by atoms with E-state index >= 15 is 0 Å². The van der Waals surface area contributed by atoms with E-state index in [0.29, 0.717) is 18.6 Å². The monoisotopic (exact) mass is 452 g/mol. The molecule has 2 atom stereocenters. The summed E-state index contributed by atoms with van der Waals surface area (Å²) in [6.07, 6.45) is 6.99. The minimum absolute atomic E-state index is 0.0363. The molecule has 3 aromatic rings. The molecule has 5 rings (SSSR count). The molecular formula is C25H32N4O4. The van der Waals surface area contributed by atoms with Crippen LogP contribution in [0.1, 0.15) is 43.6 Å². The fourth-order valence-electron chi connectivity index (χ4n) is 4.99. The van der Waals surface area contributed by atoms with Crippen molar-refractivity contribution in [3.63, 3.8) is 0 Å². The van der Waals surface area contributed by atoms with E-state index in [4.69, 9.17) is 19.6 Å². The molecule has 1 saturated heterocycles. The highest BCUT2D eigenvalue weighted by atomic mass is 16.5. The van der Waals surface area contributed by atoms with Crippen molar-refractivity contribution in [1.82, 2.24) is 14.1 Å². The molecule has 0 amide bonds. The number of aryl methyl sites for hydroxylation is 3. The highest BCUT2D eigenvalue weighted by molar-refractivity contribution is 5.86. The first-order valence-electron chi connectivity index (χ1n) is 11.6. The van der Waals surface area contributed by atoms with E-state index in [1.165, 1.54) is 16.8 Å². The fraction of sp³-hybridized carbons (Fsp3) is 0.480. The maximum Gasteiger partial charge on any atom is 0.290 e. The van der Waals surface area contributed by atoms with Crippen LogP contribution < -0.4 is 10.5 Å². The highest BCUT2D eigenvalue weighted by Crippen LogP contribution is 2.37. The topological polar surface area (TPSA) is 89.6 Å². The third-order valence-corrected chi connectivity index (χ3v) is 6.85. The zero-order chi connectivity index (χ0) is 23.4. The Morgan fingerprint density at radius 2 is 2.06 bits per heavy atom. The molecule has 2 aliphatic heterocycles. The summed E-state index contributed by atoms with van der Waals surface area (Å²) in [7, 11) is 2.18. The Balaban J connectivity index is 0.000000821. The number of imidazole rings is 1. The van der Waals surface area contributed by atoms with Gasteiger partial charge in [0.1, 0.15) is 5.82 Å². The molecule has 2 aliphatic rings. The summed E-state index contributed by atoms with van der Waals surface area (Å²) in [5, 5.41) is 6.89. The lowest BCUT2D eigenvalue weighted by Crippen LogP contribution is -2.33. The van der Waals surface area contributed by atoms with E-state index < -0.39 is 0 Å². The smallest absolute Gasteiger partial charge is 0.290 e. The number of hydrogen-bond donors (Lipinski definition) is 1. The van der Waals surface area contributed by atoms with Gasteiger partial charge in [0.15, 0.2) is 0 Å². The van der Waals surface area contributed by atoms with Crippen molar-refractivity contribution in [3.05, 3.63) is 58.3 Å². The molecule has 8 nitrogen and oxygen atoms in total. The van der Waals surface area contributed by atoms with Gasteiger partial charge in [-0.2, -0.15) is 0 Å². The van der Waals surface area contributed by atoms with Crippen LogP contribution in [0, 0.1) is 0 Å². The Morgan fingerprint density at radius 1 is 1.24 bits per heavy atom. The number of rotatable bonds is 4. The Morgan fingerprint density at radius 3 is 2.79 bits per heavy atom. The van der Waals surface area contributed by atoms with Crippen LogP contribution >= 0.6 is 0 Å². The lowest BCUT2D eigenvalue weighted by atomic mass is 9.96. The van der Waals surface area contributed by atoms with Gasteiger partial charge in [-0.3, -0.25) is 9.59 Å². The third kappa shape index (κ3) is 4.66. The van der Waals surface area contributed by atoms with Crippen LogP contribution in [0.15, 0.2) is 41.3 Å². The number of fused-ring (bicyclic) bond motifs is 3. The largest absolute Gasteiger partial charge is 0.483 e. The number of benzene rings is 1. The van der Waals surface area contributed by atoms with Crippen LogP contribution in [-0.4, -0.2) is 52.0 Å². The summed E-state index contributed by atoms with van der Waals surface area (Å²) in [5.41, 5.74) is 5.04. The maximum absolute atomic E-state index is 12.2. The number of aromatic nitrogens is 3. The van der Waals surface area contributed by atoms with Crippen LogP contribution in [-0.2, 0) is 28.9 Å². The molecule has 1 fully saturated rings. The van der Waals surface area contributed by atoms with Crippen molar-refractivity contribution in [1.29, 1.82) is 0 Å². The Kier molecular flexibility index (Phi) is 7.13. The van der Waals surface area contributed by atoms with Crippen molar-refractivity contribution in [2.75, 3.05) is 25.2 Å². The van der Waals surface area contributed by atoms with Crippen LogP contribution in [0.4, 0.5) is 5.69 Å². The van der Waals surface area contributed by atoms with Crippen molar-refractivity contribution >= 4 is 23.2 Å². The average Bonchev–Trinajstić information content (AvgIpc) is 3.20. The van der Waals surface area contributed by atoms with Crippen molar-refractivity contribution in [2.24, 2.45) is 0 Å². The Bertz CT molecular complexity index is 1160. The van der Waals surface area contributed by atoms with E-state index in [1.54, 1.807) is 16.7 Å². The Hall–Kier alpha value is -3.13. The second-order valence-electron chi connectivity index (χ2n) is 8.79. The van der Waals surface area contributed by atoms with Gasteiger partial charge in [0.2, 0.25) is 0 Å². The summed E-state index contributed by atoms with van der Waals surface area (Å²) in [6, 6.07) is 10.7. The van der Waals surface area contributed by atoms with Gasteiger partial charge in [0.05, 0.1) is 23.7 Å². The molecule has 0 radical (unpaired) electrons. The van der Waals surface area contributed by atoms with Crippen LogP contribution in [0.3, 0.4) is 0 Å². The van der Waals surface area contributed by atoms with E-state index in [2.05, 4.69) is 35.6 Å². The minimum atomic E-state index is -0.250. The van der Waals surface area contributed by atoms with Gasteiger partial charge in [-0.05, 0) is 50.8 Å². The SMILES string of the molecule is CC1CCc2c(ccc3c2nc(CCn2ccccc2=O)n3C2CCCOC2)N1C.O=CO. The minimum Gasteiger partial charge on any atom is -0.483 e. The fourth-order valence-corrected chi connectivity index (χ4v) is 4.99. The summed E-state index contributed by atoms with van der Waals surface area (Å²) >= 11 is 0. The van der Waals surface area contributed by atoms with Gasteiger partial charge < -0.3 is 23.9 Å². The molecule has 33 heavy (non-hydrogen) atoms. The predicted molar refractivity (Wildman–Crippen MR) is 128 cm³/mol. The first-order chi connectivity index (χ1) is 16.0. The zero-order valence-corrected chi connectivity index (χ0v) is 19.3. The summed E-state index contributed by atoms with van der Waals surface area (Å²) < 4.78 is 10.00. The normalized spacial score (nSPS) is 20.1. The molecule has 0 saturated carbocycles. The molecule has 8 heteroatoms. The Labute approximate surface area is 193 Å². The van der Waals surface area contributed by atoms with Gasteiger partial charge >= 0.3 is 0 Å². The standard InChI is InChI=1S/C24H30N4O2.CH2O2/c1-17-8-9-19-20(26(17)2)10-11-21-24(19)25-22(28(21)18-6-5-15-30-16-18)12-14-27-13-4-3-7-23(27)29;2-1-3/h3-4,7,10-11,13,17-18H,5-6,8-9,12,14-16H2,1-2H3;1H,(H,2,3). The number of carbonyl (C=O) groups is 1.